The van der Waals surface area contributed by atoms with Crippen molar-refractivity contribution in [3.8, 4) is 0 Å². The number of nitrogens with zero attached hydrogens (tertiary/aromatic N) is 1. The number of carbonyl (C=O) groups excluding carboxylic acids is 2. The van der Waals surface area contributed by atoms with Crippen LogP contribution in [0.4, 0.5) is 0 Å². The molecule has 0 spiro atoms. The minimum atomic E-state index is -0.570. The molecule has 0 saturated carbocycles. The Balaban J connectivity index is 2.33. The van der Waals surface area contributed by atoms with Gasteiger partial charge in [0, 0.05) is 23.6 Å². The summed E-state index contributed by atoms with van der Waals surface area (Å²) in [5.41, 5.74) is 2.76. The molecule has 4 nitrogen and oxygen atoms in total. The van der Waals surface area contributed by atoms with Gasteiger partial charge in [0.2, 0.25) is 11.8 Å². The Morgan fingerprint density at radius 3 is 2.48 bits per heavy atom. The van der Waals surface area contributed by atoms with Gasteiger partial charge in [0.05, 0.1) is 6.42 Å². The van der Waals surface area contributed by atoms with Crippen molar-refractivity contribution in [2.24, 2.45) is 0 Å². The second-order valence-electron chi connectivity index (χ2n) is 6.46. The van der Waals surface area contributed by atoms with Crippen molar-refractivity contribution in [1.82, 2.24) is 10.2 Å². The Morgan fingerprint density at radius 1 is 1.15 bits per heavy atom. The van der Waals surface area contributed by atoms with Gasteiger partial charge >= 0.3 is 0 Å². The van der Waals surface area contributed by atoms with Crippen LogP contribution in [0, 0.1) is 6.92 Å². The zero-order chi connectivity index (χ0) is 20.0. The number of nitrogens with one attached hydrogen (secondary N) is 1. The second-order valence-corrected chi connectivity index (χ2v) is 7.31. The first-order valence-corrected chi connectivity index (χ1v) is 9.61. The van der Waals surface area contributed by atoms with Gasteiger partial charge in [-0.25, -0.2) is 0 Å². The van der Waals surface area contributed by atoms with E-state index in [9.17, 15) is 9.59 Å². The van der Waals surface area contributed by atoms with Gasteiger partial charge in [-0.15, -0.1) is 0 Å². The molecule has 1 N–H and O–H groups in total. The predicted octanol–water partition coefficient (Wildman–Crippen LogP) is 4.40. The molecule has 2 aromatic rings. The Labute approximate surface area is 170 Å². The summed E-state index contributed by atoms with van der Waals surface area (Å²) >= 11 is 12.3. The third-order valence-corrected chi connectivity index (χ3v) is 5.01. The smallest absolute Gasteiger partial charge is 0.242 e. The lowest BCUT2D eigenvalue weighted by atomic mass is 10.1. The van der Waals surface area contributed by atoms with Crippen LogP contribution in [-0.2, 0) is 22.6 Å². The molecule has 144 valence electrons. The molecule has 0 heterocycles. The van der Waals surface area contributed by atoms with Crippen molar-refractivity contribution in [2.75, 3.05) is 7.05 Å². The molecular formula is C21H24Cl2N2O2. The number of rotatable bonds is 7. The molecule has 0 radical (unpaired) electrons. The lowest BCUT2D eigenvalue weighted by Gasteiger charge is -2.30. The standard InChI is InChI=1S/C21H24Cl2N2O2/c1-4-19(21(27)24-3)25(13-16-8-9-17(22)12-18(16)23)20(26)11-15-7-5-6-14(2)10-15/h5-10,12,19H,4,11,13H2,1-3H3,(H,24,27). The molecule has 6 heteroatoms. The summed E-state index contributed by atoms with van der Waals surface area (Å²) in [6.07, 6.45) is 0.727. The number of halogens is 2. The summed E-state index contributed by atoms with van der Waals surface area (Å²) in [5.74, 6) is -0.317. The maximum atomic E-state index is 13.1. The molecule has 27 heavy (non-hydrogen) atoms. The molecule has 0 saturated heterocycles. The fourth-order valence-electron chi connectivity index (χ4n) is 3.02. The van der Waals surface area contributed by atoms with Gasteiger partial charge in [-0.3, -0.25) is 9.59 Å². The van der Waals surface area contributed by atoms with Crippen LogP contribution >= 0.6 is 23.2 Å². The van der Waals surface area contributed by atoms with Crippen LogP contribution in [0.15, 0.2) is 42.5 Å². The number of hydrogen-bond acceptors (Lipinski definition) is 2. The SMILES string of the molecule is CCC(C(=O)NC)N(Cc1ccc(Cl)cc1Cl)C(=O)Cc1cccc(C)c1. The number of benzene rings is 2. The molecule has 0 aliphatic rings. The first-order chi connectivity index (χ1) is 12.8. The third-order valence-electron chi connectivity index (χ3n) is 4.43. The van der Waals surface area contributed by atoms with Gasteiger partial charge in [-0.05, 0) is 36.6 Å². The van der Waals surface area contributed by atoms with Crippen LogP contribution in [0.1, 0.15) is 30.0 Å². The van der Waals surface area contributed by atoms with Gasteiger partial charge < -0.3 is 10.2 Å². The molecule has 0 bridgehead atoms. The summed E-state index contributed by atoms with van der Waals surface area (Å²) in [6, 6.07) is 12.4. The van der Waals surface area contributed by atoms with Gasteiger partial charge in [0.15, 0.2) is 0 Å². The minimum Gasteiger partial charge on any atom is -0.357 e. The van der Waals surface area contributed by atoms with Crippen LogP contribution < -0.4 is 5.32 Å². The van der Waals surface area contributed by atoms with Crippen LogP contribution in [0.2, 0.25) is 10.0 Å². The Kier molecular flexibility index (Phi) is 7.69. The number of carbonyl (C=O) groups is 2. The van der Waals surface area contributed by atoms with E-state index in [1.807, 2.05) is 38.1 Å². The van der Waals surface area contributed by atoms with Crippen molar-refractivity contribution in [3.63, 3.8) is 0 Å². The maximum absolute atomic E-state index is 13.1. The lowest BCUT2D eigenvalue weighted by molar-refractivity contribution is -0.140. The van der Waals surface area contributed by atoms with Crippen LogP contribution in [0.5, 0.6) is 0 Å². The first kappa shape index (κ1) is 21.3. The Hall–Kier alpha value is -2.04. The van der Waals surface area contributed by atoms with E-state index in [0.29, 0.717) is 16.5 Å². The number of aryl methyl sites for hydroxylation is 1. The summed E-state index contributed by atoms with van der Waals surface area (Å²) in [7, 11) is 1.57. The molecule has 1 atom stereocenters. The van der Waals surface area contributed by atoms with Crippen LogP contribution in [0.25, 0.3) is 0 Å². The second kappa shape index (κ2) is 9.77. The Morgan fingerprint density at radius 2 is 1.89 bits per heavy atom. The molecule has 0 aliphatic carbocycles. The topological polar surface area (TPSA) is 49.4 Å². The largest absolute Gasteiger partial charge is 0.357 e. The average Bonchev–Trinajstić information content (AvgIpc) is 2.62. The maximum Gasteiger partial charge on any atom is 0.242 e. The summed E-state index contributed by atoms with van der Waals surface area (Å²) < 4.78 is 0. The van der Waals surface area contributed by atoms with Gasteiger partial charge in [-0.2, -0.15) is 0 Å². The molecule has 2 rings (SSSR count). The molecule has 2 aromatic carbocycles. The summed E-state index contributed by atoms with van der Waals surface area (Å²) in [6.45, 7) is 4.11. The normalized spacial score (nSPS) is 11.7. The fraction of sp³-hybridized carbons (Fsp3) is 0.333. The first-order valence-electron chi connectivity index (χ1n) is 8.86. The molecule has 1 unspecified atom stereocenters. The molecule has 0 aromatic heterocycles. The molecular weight excluding hydrogens is 383 g/mol. The van der Waals surface area contributed by atoms with Gasteiger partial charge in [-0.1, -0.05) is 66.0 Å². The van der Waals surface area contributed by atoms with E-state index < -0.39 is 6.04 Å². The highest BCUT2D eigenvalue weighted by molar-refractivity contribution is 6.35. The van der Waals surface area contributed by atoms with Crippen molar-refractivity contribution < 1.29 is 9.59 Å². The monoisotopic (exact) mass is 406 g/mol. The lowest BCUT2D eigenvalue weighted by Crippen LogP contribution is -2.48. The summed E-state index contributed by atoms with van der Waals surface area (Å²) in [4.78, 5) is 27.1. The van der Waals surface area contributed by atoms with Crippen molar-refractivity contribution in [3.05, 3.63) is 69.2 Å². The quantitative estimate of drug-likeness (QED) is 0.740. The van der Waals surface area contributed by atoms with E-state index in [1.165, 1.54) is 0 Å². The predicted molar refractivity (Wildman–Crippen MR) is 110 cm³/mol. The van der Waals surface area contributed by atoms with Crippen molar-refractivity contribution in [2.45, 2.75) is 39.3 Å². The van der Waals surface area contributed by atoms with Crippen molar-refractivity contribution >= 4 is 35.0 Å². The Bertz CT molecular complexity index is 824. The highest BCUT2D eigenvalue weighted by Crippen LogP contribution is 2.24. The highest BCUT2D eigenvalue weighted by Gasteiger charge is 2.28. The highest BCUT2D eigenvalue weighted by atomic mass is 35.5. The minimum absolute atomic E-state index is 0.123. The zero-order valence-corrected chi connectivity index (χ0v) is 17.3. The average molecular weight is 407 g/mol. The molecule has 2 amide bonds. The van der Waals surface area contributed by atoms with Crippen LogP contribution in [-0.4, -0.2) is 29.8 Å². The number of likely N-dealkylation sites (N-methyl/N-ethyl adjacent to an activating group) is 1. The van der Waals surface area contributed by atoms with E-state index in [4.69, 9.17) is 23.2 Å². The van der Waals surface area contributed by atoms with E-state index in [2.05, 4.69) is 5.32 Å². The van der Waals surface area contributed by atoms with E-state index in [0.717, 1.165) is 16.7 Å². The van der Waals surface area contributed by atoms with E-state index in [-0.39, 0.29) is 24.8 Å². The van der Waals surface area contributed by atoms with Crippen molar-refractivity contribution in [1.29, 1.82) is 0 Å². The molecule has 0 aliphatic heterocycles. The van der Waals surface area contributed by atoms with Crippen LogP contribution in [0.3, 0.4) is 0 Å². The van der Waals surface area contributed by atoms with E-state index in [1.54, 1.807) is 30.1 Å². The molecule has 0 fully saturated rings. The fourth-order valence-corrected chi connectivity index (χ4v) is 3.49. The van der Waals surface area contributed by atoms with Gasteiger partial charge in [0.25, 0.3) is 0 Å². The number of amides is 2. The summed E-state index contributed by atoms with van der Waals surface area (Å²) in [5, 5.41) is 3.65. The van der Waals surface area contributed by atoms with E-state index >= 15 is 0 Å². The third kappa shape index (κ3) is 5.72. The number of hydrogen-bond donors (Lipinski definition) is 1. The zero-order valence-electron chi connectivity index (χ0n) is 15.8. The van der Waals surface area contributed by atoms with Gasteiger partial charge in [0.1, 0.15) is 6.04 Å².